The predicted octanol–water partition coefficient (Wildman–Crippen LogP) is 10.3. The lowest BCUT2D eigenvalue weighted by atomic mass is 9.70. The molecule has 35 heavy (non-hydrogen) atoms. The second-order valence-corrected chi connectivity index (χ2v) is 11.9. The van der Waals surface area contributed by atoms with Crippen LogP contribution < -0.4 is 0 Å². The molecule has 1 aromatic rings. The predicted molar refractivity (Wildman–Crippen MR) is 149 cm³/mol. The van der Waals surface area contributed by atoms with Crippen LogP contribution >= 0.6 is 11.6 Å². The summed E-state index contributed by atoms with van der Waals surface area (Å²) in [7, 11) is 0. The molecule has 0 bridgehead atoms. The average Bonchev–Trinajstić information content (AvgIpc) is 2.88. The Balaban J connectivity index is 1.30. The number of aryl methyl sites for hydroxylation is 1. The van der Waals surface area contributed by atoms with E-state index in [1.165, 1.54) is 89.9 Å². The summed E-state index contributed by atoms with van der Waals surface area (Å²) in [5.74, 6) is 2.53. The van der Waals surface area contributed by atoms with Gasteiger partial charge in [0.1, 0.15) is 6.10 Å². The zero-order chi connectivity index (χ0) is 24.9. The van der Waals surface area contributed by atoms with Crippen molar-refractivity contribution in [1.29, 1.82) is 0 Å². The van der Waals surface area contributed by atoms with Crippen LogP contribution in [0, 0.1) is 17.8 Å². The van der Waals surface area contributed by atoms with Crippen LogP contribution in [0.3, 0.4) is 0 Å². The zero-order valence-corrected chi connectivity index (χ0v) is 23.4. The SMILES string of the molecule is CCCCCCCCCC1CCC(C2CCC(OC(=O)c3ccc(CCCC)c(Cl)c3)CC2)CC1. The largest absolute Gasteiger partial charge is 0.459 e. The number of benzene rings is 1. The number of rotatable bonds is 14. The third kappa shape index (κ3) is 9.75. The van der Waals surface area contributed by atoms with Crippen molar-refractivity contribution in [2.45, 2.75) is 142 Å². The van der Waals surface area contributed by atoms with E-state index in [-0.39, 0.29) is 12.1 Å². The van der Waals surface area contributed by atoms with Gasteiger partial charge in [-0.25, -0.2) is 4.79 Å². The molecule has 0 atom stereocenters. The second-order valence-electron chi connectivity index (χ2n) is 11.5. The van der Waals surface area contributed by atoms with Gasteiger partial charge in [-0.3, -0.25) is 0 Å². The molecule has 2 nitrogen and oxygen atoms in total. The van der Waals surface area contributed by atoms with Crippen LogP contribution in [-0.4, -0.2) is 12.1 Å². The van der Waals surface area contributed by atoms with Crippen molar-refractivity contribution in [3.8, 4) is 0 Å². The highest BCUT2D eigenvalue weighted by atomic mass is 35.5. The summed E-state index contributed by atoms with van der Waals surface area (Å²) >= 11 is 6.42. The first-order valence-electron chi connectivity index (χ1n) is 15.1. The van der Waals surface area contributed by atoms with Gasteiger partial charge in [0.15, 0.2) is 0 Å². The number of carbonyl (C=O) groups excluding carboxylic acids is 1. The van der Waals surface area contributed by atoms with E-state index in [0.717, 1.165) is 55.4 Å². The van der Waals surface area contributed by atoms with Crippen molar-refractivity contribution >= 4 is 17.6 Å². The van der Waals surface area contributed by atoms with Crippen LogP contribution in [0.4, 0.5) is 0 Å². The van der Waals surface area contributed by atoms with Crippen LogP contribution in [0.5, 0.6) is 0 Å². The molecule has 0 radical (unpaired) electrons. The lowest BCUT2D eigenvalue weighted by molar-refractivity contribution is 0.0109. The van der Waals surface area contributed by atoms with E-state index in [1.807, 2.05) is 12.1 Å². The number of hydrogen-bond donors (Lipinski definition) is 0. The topological polar surface area (TPSA) is 26.3 Å². The van der Waals surface area contributed by atoms with Gasteiger partial charge in [-0.05, 0) is 86.8 Å². The lowest BCUT2D eigenvalue weighted by Crippen LogP contribution is -2.29. The third-order valence-electron chi connectivity index (χ3n) is 8.86. The van der Waals surface area contributed by atoms with Gasteiger partial charge in [0, 0.05) is 5.02 Å². The van der Waals surface area contributed by atoms with Crippen LogP contribution in [0.15, 0.2) is 18.2 Å². The molecule has 0 heterocycles. The number of unbranched alkanes of at least 4 members (excludes halogenated alkanes) is 7. The molecule has 0 saturated heterocycles. The first-order chi connectivity index (χ1) is 17.1. The van der Waals surface area contributed by atoms with E-state index in [9.17, 15) is 4.79 Å². The van der Waals surface area contributed by atoms with E-state index in [2.05, 4.69) is 13.8 Å². The monoisotopic (exact) mass is 502 g/mol. The molecule has 3 rings (SSSR count). The normalized spacial score (nSPS) is 24.9. The molecule has 2 fully saturated rings. The summed E-state index contributed by atoms with van der Waals surface area (Å²) in [4.78, 5) is 12.7. The van der Waals surface area contributed by atoms with Crippen molar-refractivity contribution < 1.29 is 9.53 Å². The van der Waals surface area contributed by atoms with Crippen LogP contribution in [-0.2, 0) is 11.2 Å². The van der Waals surface area contributed by atoms with E-state index < -0.39 is 0 Å². The molecule has 0 unspecified atom stereocenters. The fourth-order valence-electron chi connectivity index (χ4n) is 6.48. The van der Waals surface area contributed by atoms with Crippen LogP contribution in [0.25, 0.3) is 0 Å². The molecule has 2 saturated carbocycles. The van der Waals surface area contributed by atoms with Gasteiger partial charge in [-0.1, -0.05) is 102 Å². The maximum Gasteiger partial charge on any atom is 0.338 e. The Morgan fingerprint density at radius 1 is 0.800 bits per heavy atom. The standard InChI is InChI=1S/C32H51ClO2/c1-3-5-7-8-9-10-11-12-25-14-16-26(17-15-25)27-20-22-30(23-21-27)35-32(34)29-19-18-28(13-6-4-2)31(33)24-29/h18-19,24-27,30H,3-17,20-23H2,1-2H3. The number of carbonyl (C=O) groups is 1. The molecule has 0 N–H and O–H groups in total. The maximum absolute atomic E-state index is 12.7. The highest BCUT2D eigenvalue weighted by Crippen LogP contribution is 2.41. The molecule has 198 valence electrons. The van der Waals surface area contributed by atoms with Crippen molar-refractivity contribution in [3.05, 3.63) is 34.3 Å². The molecule has 3 heteroatoms. The summed E-state index contributed by atoms with van der Waals surface area (Å²) < 4.78 is 5.89. The van der Waals surface area contributed by atoms with Gasteiger partial charge in [-0.2, -0.15) is 0 Å². The zero-order valence-electron chi connectivity index (χ0n) is 22.7. The molecule has 0 aliphatic heterocycles. The van der Waals surface area contributed by atoms with Gasteiger partial charge >= 0.3 is 5.97 Å². The highest BCUT2D eigenvalue weighted by molar-refractivity contribution is 6.31. The van der Waals surface area contributed by atoms with Crippen molar-refractivity contribution in [3.63, 3.8) is 0 Å². The third-order valence-corrected chi connectivity index (χ3v) is 9.21. The minimum absolute atomic E-state index is 0.0750. The van der Waals surface area contributed by atoms with Crippen molar-refractivity contribution in [2.75, 3.05) is 0 Å². The van der Waals surface area contributed by atoms with E-state index in [0.29, 0.717) is 10.6 Å². The fourth-order valence-corrected chi connectivity index (χ4v) is 6.76. The minimum Gasteiger partial charge on any atom is -0.459 e. The van der Waals surface area contributed by atoms with Gasteiger partial charge in [0.05, 0.1) is 5.56 Å². The van der Waals surface area contributed by atoms with E-state index >= 15 is 0 Å². The van der Waals surface area contributed by atoms with Crippen molar-refractivity contribution in [2.24, 2.45) is 17.8 Å². The number of halogens is 1. The smallest absolute Gasteiger partial charge is 0.338 e. The van der Waals surface area contributed by atoms with Gasteiger partial charge in [-0.15, -0.1) is 0 Å². The molecular weight excluding hydrogens is 452 g/mol. The van der Waals surface area contributed by atoms with E-state index in [4.69, 9.17) is 16.3 Å². The minimum atomic E-state index is -0.205. The Morgan fingerprint density at radius 3 is 2.03 bits per heavy atom. The van der Waals surface area contributed by atoms with Gasteiger partial charge in [0.25, 0.3) is 0 Å². The summed E-state index contributed by atoms with van der Waals surface area (Å²) in [6.07, 6.45) is 25.0. The van der Waals surface area contributed by atoms with Crippen LogP contribution in [0.1, 0.15) is 145 Å². The van der Waals surface area contributed by atoms with Gasteiger partial charge < -0.3 is 4.74 Å². The Hall–Kier alpha value is -1.02. The summed E-state index contributed by atoms with van der Waals surface area (Å²) in [5, 5.41) is 0.694. The summed E-state index contributed by atoms with van der Waals surface area (Å²) in [6, 6.07) is 5.68. The molecular formula is C32H51ClO2. The molecule has 0 aromatic heterocycles. The van der Waals surface area contributed by atoms with Gasteiger partial charge in [0.2, 0.25) is 0 Å². The highest BCUT2D eigenvalue weighted by Gasteiger charge is 2.32. The molecule has 2 aliphatic rings. The van der Waals surface area contributed by atoms with Crippen molar-refractivity contribution in [1.82, 2.24) is 0 Å². The summed E-state index contributed by atoms with van der Waals surface area (Å²) in [6.45, 7) is 4.47. The molecule has 1 aromatic carbocycles. The van der Waals surface area contributed by atoms with E-state index in [1.54, 1.807) is 6.07 Å². The summed E-state index contributed by atoms with van der Waals surface area (Å²) in [5.41, 5.74) is 1.72. The Bertz CT molecular complexity index is 729. The lowest BCUT2D eigenvalue weighted by Gasteiger charge is -2.37. The number of esters is 1. The average molecular weight is 503 g/mol. The number of ether oxygens (including phenoxy) is 1. The Kier molecular flexibility index (Phi) is 13.0. The molecule has 0 spiro atoms. The first kappa shape index (κ1) is 28.5. The quantitative estimate of drug-likeness (QED) is 0.187. The molecule has 2 aliphatic carbocycles. The van der Waals surface area contributed by atoms with Crippen LogP contribution in [0.2, 0.25) is 5.02 Å². The maximum atomic E-state index is 12.7. The Labute approximate surface area is 220 Å². The second kappa shape index (κ2) is 16.0. The molecule has 0 amide bonds. The number of hydrogen-bond acceptors (Lipinski definition) is 2. The Morgan fingerprint density at radius 2 is 1.40 bits per heavy atom. The first-order valence-corrected chi connectivity index (χ1v) is 15.5. The fraction of sp³-hybridized carbons (Fsp3) is 0.781.